The summed E-state index contributed by atoms with van der Waals surface area (Å²) in [5.74, 6) is -0.0233. The van der Waals surface area contributed by atoms with Crippen LogP contribution in [0.4, 0.5) is 0 Å². The molecule has 0 aromatic heterocycles. The number of esters is 3. The van der Waals surface area contributed by atoms with E-state index in [1.807, 2.05) is 0 Å². The zero-order valence-corrected chi connectivity index (χ0v) is 35.3. The number of rotatable bonds is 41. The van der Waals surface area contributed by atoms with E-state index in [1.54, 1.807) is 0 Å². The Morgan fingerprint density at radius 2 is 0.635 bits per heavy atom. The predicted molar refractivity (Wildman–Crippen MR) is 220 cm³/mol. The summed E-state index contributed by atoms with van der Waals surface area (Å²) < 4.78 is 16.6. The number of carbonyl (C=O) groups is 3. The largest absolute Gasteiger partial charge is 0.462 e. The van der Waals surface area contributed by atoms with Gasteiger partial charge in [-0.05, 0) is 25.2 Å². The maximum Gasteiger partial charge on any atom is 0.306 e. The maximum atomic E-state index is 12.5. The fraction of sp³-hybridized carbons (Fsp3) is 0.935. The second-order valence-corrected chi connectivity index (χ2v) is 16.2. The first-order valence-corrected chi connectivity index (χ1v) is 22.9. The highest BCUT2D eigenvalue weighted by molar-refractivity contribution is 5.71. The van der Waals surface area contributed by atoms with E-state index in [-0.39, 0.29) is 31.1 Å². The average Bonchev–Trinajstić information content (AvgIpc) is 3.12. The SMILES string of the molecule is CCCCCCCCCCCCCCC(=O)OC[C@@H](COC(=O)CCCCCCCCCCCCCCCCC(C)C)OC(=O)CCCCCCC. The van der Waals surface area contributed by atoms with Crippen LogP contribution in [0.1, 0.15) is 252 Å². The molecule has 6 nitrogen and oxygen atoms in total. The first kappa shape index (κ1) is 50.4. The van der Waals surface area contributed by atoms with Crippen molar-refractivity contribution in [2.45, 2.75) is 259 Å². The highest BCUT2D eigenvalue weighted by atomic mass is 16.6. The van der Waals surface area contributed by atoms with E-state index in [0.717, 1.165) is 70.1 Å². The molecule has 6 heteroatoms. The van der Waals surface area contributed by atoms with E-state index in [4.69, 9.17) is 14.2 Å². The first-order valence-electron chi connectivity index (χ1n) is 22.9. The fourth-order valence-electron chi connectivity index (χ4n) is 6.80. The van der Waals surface area contributed by atoms with Crippen molar-refractivity contribution in [1.82, 2.24) is 0 Å². The van der Waals surface area contributed by atoms with Gasteiger partial charge in [-0.15, -0.1) is 0 Å². The van der Waals surface area contributed by atoms with Gasteiger partial charge < -0.3 is 14.2 Å². The molecule has 0 bridgehead atoms. The molecule has 0 aliphatic rings. The third-order valence-electron chi connectivity index (χ3n) is 10.3. The molecule has 0 N–H and O–H groups in total. The zero-order valence-electron chi connectivity index (χ0n) is 35.3. The molecule has 0 aliphatic carbocycles. The van der Waals surface area contributed by atoms with Crippen LogP contribution in [0.25, 0.3) is 0 Å². The molecule has 0 rings (SSSR count). The Morgan fingerprint density at radius 1 is 0.365 bits per heavy atom. The minimum absolute atomic E-state index is 0.0651. The van der Waals surface area contributed by atoms with Crippen LogP contribution in [-0.4, -0.2) is 37.2 Å². The lowest BCUT2D eigenvalue weighted by molar-refractivity contribution is -0.167. The average molecular weight is 737 g/mol. The molecule has 0 spiro atoms. The standard InChI is InChI=1S/C46H88O6/c1-5-7-9-11-12-13-14-20-23-26-30-33-37-44(47)50-40-43(52-46(49)39-35-28-10-8-6-2)41-51-45(48)38-34-31-27-24-21-18-16-15-17-19-22-25-29-32-36-42(3)4/h42-43H,5-41H2,1-4H3/t43-/m0/s1. The Hall–Kier alpha value is -1.59. The van der Waals surface area contributed by atoms with Gasteiger partial charge in [0, 0.05) is 19.3 Å². The van der Waals surface area contributed by atoms with Gasteiger partial charge in [0.2, 0.25) is 0 Å². The van der Waals surface area contributed by atoms with E-state index >= 15 is 0 Å². The molecule has 0 aromatic rings. The van der Waals surface area contributed by atoms with Crippen molar-refractivity contribution in [2.75, 3.05) is 13.2 Å². The number of ether oxygens (including phenoxy) is 3. The molecule has 0 amide bonds. The zero-order chi connectivity index (χ0) is 38.2. The molecular formula is C46H88O6. The van der Waals surface area contributed by atoms with Crippen LogP contribution >= 0.6 is 0 Å². The Morgan fingerprint density at radius 3 is 0.942 bits per heavy atom. The van der Waals surface area contributed by atoms with Crippen molar-refractivity contribution in [2.24, 2.45) is 5.92 Å². The summed E-state index contributed by atoms with van der Waals surface area (Å²) in [6.07, 6.45) is 39.7. The second-order valence-electron chi connectivity index (χ2n) is 16.2. The number of unbranched alkanes of at least 4 members (excludes halogenated alkanes) is 28. The Bertz CT molecular complexity index is 781. The minimum atomic E-state index is -0.757. The summed E-state index contributed by atoms with van der Waals surface area (Å²) in [5.41, 5.74) is 0. The first-order chi connectivity index (χ1) is 25.4. The van der Waals surface area contributed by atoms with Crippen molar-refractivity contribution in [3.8, 4) is 0 Å². The van der Waals surface area contributed by atoms with E-state index in [9.17, 15) is 14.4 Å². The molecule has 0 saturated heterocycles. The molecule has 0 saturated carbocycles. The van der Waals surface area contributed by atoms with Crippen LogP contribution in [0.2, 0.25) is 0 Å². The van der Waals surface area contributed by atoms with Gasteiger partial charge in [0.05, 0.1) is 0 Å². The van der Waals surface area contributed by atoms with Gasteiger partial charge in [-0.25, -0.2) is 0 Å². The van der Waals surface area contributed by atoms with Crippen molar-refractivity contribution in [1.29, 1.82) is 0 Å². The molecule has 0 radical (unpaired) electrons. The molecule has 0 aromatic carbocycles. The van der Waals surface area contributed by atoms with Crippen LogP contribution in [0.3, 0.4) is 0 Å². The third kappa shape index (κ3) is 39.6. The summed E-state index contributed by atoms with van der Waals surface area (Å²) in [5, 5.41) is 0. The summed E-state index contributed by atoms with van der Waals surface area (Å²) in [6, 6.07) is 0. The van der Waals surface area contributed by atoms with Gasteiger partial charge >= 0.3 is 17.9 Å². The second kappa shape index (κ2) is 40.6. The van der Waals surface area contributed by atoms with Crippen molar-refractivity contribution in [3.63, 3.8) is 0 Å². The van der Waals surface area contributed by atoms with Crippen molar-refractivity contribution >= 4 is 17.9 Å². The van der Waals surface area contributed by atoms with Gasteiger partial charge in [0.25, 0.3) is 0 Å². The van der Waals surface area contributed by atoms with Gasteiger partial charge in [0.15, 0.2) is 6.10 Å². The minimum Gasteiger partial charge on any atom is -0.462 e. The Kier molecular flexibility index (Phi) is 39.4. The summed E-state index contributed by atoms with van der Waals surface area (Å²) in [4.78, 5) is 37.4. The van der Waals surface area contributed by atoms with Gasteiger partial charge in [-0.1, -0.05) is 214 Å². The normalized spacial score (nSPS) is 11.9. The van der Waals surface area contributed by atoms with Crippen LogP contribution < -0.4 is 0 Å². The molecular weight excluding hydrogens is 649 g/mol. The molecule has 0 heterocycles. The quantitative estimate of drug-likeness (QED) is 0.0353. The summed E-state index contributed by atoms with van der Waals surface area (Å²) >= 11 is 0. The molecule has 1 atom stereocenters. The Labute approximate surface area is 323 Å². The Balaban J connectivity index is 4.10. The lowest BCUT2D eigenvalue weighted by Gasteiger charge is -2.18. The number of carbonyl (C=O) groups excluding carboxylic acids is 3. The summed E-state index contributed by atoms with van der Waals surface area (Å²) in [6.45, 7) is 8.93. The summed E-state index contributed by atoms with van der Waals surface area (Å²) in [7, 11) is 0. The monoisotopic (exact) mass is 737 g/mol. The molecule has 0 aliphatic heterocycles. The number of hydrogen-bond donors (Lipinski definition) is 0. The van der Waals surface area contributed by atoms with Crippen LogP contribution in [0.5, 0.6) is 0 Å². The molecule has 0 fully saturated rings. The van der Waals surface area contributed by atoms with Crippen molar-refractivity contribution < 1.29 is 28.6 Å². The van der Waals surface area contributed by atoms with Crippen LogP contribution in [-0.2, 0) is 28.6 Å². The van der Waals surface area contributed by atoms with Crippen LogP contribution in [0.15, 0.2) is 0 Å². The molecule has 308 valence electrons. The van der Waals surface area contributed by atoms with Crippen LogP contribution in [0, 0.1) is 5.92 Å². The van der Waals surface area contributed by atoms with Gasteiger partial charge in [-0.2, -0.15) is 0 Å². The maximum absolute atomic E-state index is 12.5. The van der Waals surface area contributed by atoms with E-state index < -0.39 is 6.10 Å². The smallest absolute Gasteiger partial charge is 0.306 e. The number of hydrogen-bond acceptors (Lipinski definition) is 6. The third-order valence-corrected chi connectivity index (χ3v) is 10.3. The lowest BCUT2D eigenvalue weighted by Crippen LogP contribution is -2.30. The highest BCUT2D eigenvalue weighted by Gasteiger charge is 2.19. The topological polar surface area (TPSA) is 78.9 Å². The molecule has 0 unspecified atom stereocenters. The van der Waals surface area contributed by atoms with E-state index in [0.29, 0.717) is 19.3 Å². The van der Waals surface area contributed by atoms with Gasteiger partial charge in [-0.3, -0.25) is 14.4 Å². The van der Waals surface area contributed by atoms with Crippen molar-refractivity contribution in [3.05, 3.63) is 0 Å². The van der Waals surface area contributed by atoms with E-state index in [1.165, 1.54) is 141 Å². The highest BCUT2D eigenvalue weighted by Crippen LogP contribution is 2.16. The fourth-order valence-corrected chi connectivity index (χ4v) is 6.80. The lowest BCUT2D eigenvalue weighted by atomic mass is 10.0. The predicted octanol–water partition coefficient (Wildman–Crippen LogP) is 14.3. The van der Waals surface area contributed by atoms with Gasteiger partial charge in [0.1, 0.15) is 13.2 Å². The van der Waals surface area contributed by atoms with E-state index in [2.05, 4.69) is 27.7 Å². The molecule has 52 heavy (non-hydrogen) atoms.